The van der Waals surface area contributed by atoms with E-state index in [4.69, 9.17) is 15.3 Å². The molecule has 1 aliphatic heterocycles. The Kier molecular flexibility index (Phi) is 2.72. The summed E-state index contributed by atoms with van der Waals surface area (Å²) in [7, 11) is 0. The van der Waals surface area contributed by atoms with Crippen molar-refractivity contribution in [2.45, 2.75) is 6.54 Å². The van der Waals surface area contributed by atoms with Gasteiger partial charge < -0.3 is 9.47 Å². The van der Waals surface area contributed by atoms with Crippen molar-refractivity contribution in [1.82, 2.24) is 25.6 Å². The standard InChI is InChI=1S/C10H10N6O3/c11-12-9(17)4-16-14-10(13-15-16)6-1-2-7-8(3-6)19-5-18-7/h1-3H,4-5,11H2,(H,12,17). The lowest BCUT2D eigenvalue weighted by atomic mass is 10.2. The molecular formula is C10H10N6O3. The van der Waals surface area contributed by atoms with Crippen molar-refractivity contribution in [2.24, 2.45) is 5.84 Å². The lowest BCUT2D eigenvalue weighted by Crippen LogP contribution is -2.33. The number of hydrogen-bond acceptors (Lipinski definition) is 7. The quantitative estimate of drug-likeness (QED) is 0.416. The first-order valence-electron chi connectivity index (χ1n) is 5.43. The Hall–Kier alpha value is -2.68. The van der Waals surface area contributed by atoms with Crippen LogP contribution in [0.15, 0.2) is 18.2 Å². The molecule has 2 heterocycles. The van der Waals surface area contributed by atoms with E-state index in [9.17, 15) is 4.79 Å². The molecule has 0 saturated carbocycles. The van der Waals surface area contributed by atoms with Gasteiger partial charge in [-0.3, -0.25) is 10.2 Å². The molecule has 0 atom stereocenters. The number of hydrogen-bond donors (Lipinski definition) is 2. The van der Waals surface area contributed by atoms with Gasteiger partial charge in [-0.25, -0.2) is 5.84 Å². The average Bonchev–Trinajstić information content (AvgIpc) is 3.05. The molecule has 3 rings (SSSR count). The van der Waals surface area contributed by atoms with Crippen molar-refractivity contribution in [2.75, 3.05) is 6.79 Å². The van der Waals surface area contributed by atoms with Gasteiger partial charge in [0.1, 0.15) is 6.54 Å². The number of benzene rings is 1. The molecule has 1 amide bonds. The number of ether oxygens (including phenoxy) is 2. The van der Waals surface area contributed by atoms with E-state index < -0.39 is 5.91 Å². The van der Waals surface area contributed by atoms with Crippen LogP contribution in [0.1, 0.15) is 0 Å². The molecule has 98 valence electrons. The van der Waals surface area contributed by atoms with Crippen molar-refractivity contribution in [3.05, 3.63) is 18.2 Å². The van der Waals surface area contributed by atoms with Gasteiger partial charge in [-0.05, 0) is 23.4 Å². The predicted molar refractivity (Wildman–Crippen MR) is 61.7 cm³/mol. The first kappa shape index (κ1) is 11.4. The van der Waals surface area contributed by atoms with Crippen LogP contribution in [0.4, 0.5) is 0 Å². The first-order chi connectivity index (χ1) is 9.26. The SMILES string of the molecule is NNC(=O)Cn1nnc(-c2ccc3c(c2)OCO3)n1. The number of hydrazine groups is 1. The number of carbonyl (C=O) groups is 1. The number of rotatable bonds is 3. The van der Waals surface area contributed by atoms with Crippen LogP contribution in [0, 0.1) is 0 Å². The van der Waals surface area contributed by atoms with Crippen molar-refractivity contribution in [1.29, 1.82) is 0 Å². The molecule has 0 aliphatic carbocycles. The lowest BCUT2D eigenvalue weighted by molar-refractivity contribution is -0.122. The van der Waals surface area contributed by atoms with E-state index in [0.29, 0.717) is 17.3 Å². The van der Waals surface area contributed by atoms with Crippen LogP contribution in [0.5, 0.6) is 11.5 Å². The number of amides is 1. The van der Waals surface area contributed by atoms with Gasteiger partial charge in [0.15, 0.2) is 11.5 Å². The van der Waals surface area contributed by atoms with Gasteiger partial charge in [-0.1, -0.05) is 0 Å². The van der Waals surface area contributed by atoms with Gasteiger partial charge in [0.2, 0.25) is 12.6 Å². The van der Waals surface area contributed by atoms with E-state index in [0.717, 1.165) is 10.4 Å². The summed E-state index contributed by atoms with van der Waals surface area (Å²) in [6.45, 7) is 0.115. The Balaban J connectivity index is 1.84. The van der Waals surface area contributed by atoms with Crippen LogP contribution in [-0.2, 0) is 11.3 Å². The third-order valence-corrected chi connectivity index (χ3v) is 2.53. The van der Waals surface area contributed by atoms with E-state index in [1.807, 2.05) is 5.43 Å². The summed E-state index contributed by atoms with van der Waals surface area (Å²) in [4.78, 5) is 12.2. The molecule has 1 aromatic heterocycles. The average molecular weight is 262 g/mol. The van der Waals surface area contributed by atoms with Crippen LogP contribution in [0.3, 0.4) is 0 Å². The molecule has 2 aromatic rings. The molecule has 0 unspecified atom stereocenters. The van der Waals surface area contributed by atoms with Gasteiger partial charge in [-0.15, -0.1) is 10.2 Å². The van der Waals surface area contributed by atoms with E-state index in [2.05, 4.69) is 15.4 Å². The highest BCUT2D eigenvalue weighted by atomic mass is 16.7. The molecule has 0 radical (unpaired) electrons. The van der Waals surface area contributed by atoms with Crippen LogP contribution < -0.4 is 20.7 Å². The van der Waals surface area contributed by atoms with E-state index in [1.54, 1.807) is 18.2 Å². The van der Waals surface area contributed by atoms with Crippen LogP contribution >= 0.6 is 0 Å². The first-order valence-corrected chi connectivity index (χ1v) is 5.43. The molecule has 3 N–H and O–H groups in total. The monoisotopic (exact) mass is 262 g/mol. The summed E-state index contributed by atoms with van der Waals surface area (Å²) < 4.78 is 10.5. The Morgan fingerprint density at radius 2 is 2.26 bits per heavy atom. The Bertz CT molecular complexity index is 625. The molecule has 0 fully saturated rings. The second-order valence-electron chi connectivity index (χ2n) is 3.78. The molecule has 0 bridgehead atoms. The van der Waals surface area contributed by atoms with E-state index >= 15 is 0 Å². The fourth-order valence-electron chi connectivity index (χ4n) is 1.64. The predicted octanol–water partition coefficient (Wildman–Crippen LogP) is -0.941. The van der Waals surface area contributed by atoms with Crippen molar-refractivity contribution < 1.29 is 14.3 Å². The van der Waals surface area contributed by atoms with E-state index in [1.165, 1.54) is 0 Å². The second kappa shape index (κ2) is 4.53. The maximum atomic E-state index is 11.1. The number of fused-ring (bicyclic) bond motifs is 1. The fourth-order valence-corrected chi connectivity index (χ4v) is 1.64. The number of carbonyl (C=O) groups excluding carboxylic acids is 1. The molecule has 0 spiro atoms. The van der Waals surface area contributed by atoms with Crippen LogP contribution in [-0.4, -0.2) is 32.9 Å². The molecule has 9 heteroatoms. The summed E-state index contributed by atoms with van der Waals surface area (Å²) in [6, 6.07) is 5.31. The summed E-state index contributed by atoms with van der Waals surface area (Å²) in [6.07, 6.45) is 0. The van der Waals surface area contributed by atoms with Gasteiger partial charge in [0.25, 0.3) is 5.91 Å². The minimum Gasteiger partial charge on any atom is -0.454 e. The highest BCUT2D eigenvalue weighted by Gasteiger charge is 2.16. The fraction of sp³-hybridized carbons (Fsp3) is 0.200. The number of nitrogens with zero attached hydrogens (tertiary/aromatic N) is 4. The zero-order valence-corrected chi connectivity index (χ0v) is 9.74. The zero-order valence-electron chi connectivity index (χ0n) is 9.74. The minimum absolute atomic E-state index is 0.0892. The van der Waals surface area contributed by atoms with Crippen molar-refractivity contribution in [3.63, 3.8) is 0 Å². The number of nitrogens with one attached hydrogen (secondary N) is 1. The number of aromatic nitrogens is 4. The highest BCUT2D eigenvalue weighted by molar-refractivity contribution is 5.74. The molecule has 0 saturated heterocycles. The lowest BCUT2D eigenvalue weighted by Gasteiger charge is -1.98. The molecule has 19 heavy (non-hydrogen) atoms. The highest BCUT2D eigenvalue weighted by Crippen LogP contribution is 2.34. The molecule has 1 aliphatic rings. The molecular weight excluding hydrogens is 252 g/mol. The summed E-state index contributed by atoms with van der Waals surface area (Å²) >= 11 is 0. The molecule has 9 nitrogen and oxygen atoms in total. The van der Waals surface area contributed by atoms with Crippen molar-refractivity contribution >= 4 is 5.91 Å². The normalized spacial score (nSPS) is 12.5. The third-order valence-electron chi connectivity index (χ3n) is 2.53. The van der Waals surface area contributed by atoms with Gasteiger partial charge in [0.05, 0.1) is 0 Å². The largest absolute Gasteiger partial charge is 0.454 e. The van der Waals surface area contributed by atoms with Crippen LogP contribution in [0.25, 0.3) is 11.4 Å². The third kappa shape index (κ3) is 2.18. The maximum absolute atomic E-state index is 11.1. The smallest absolute Gasteiger partial charge is 0.257 e. The second-order valence-corrected chi connectivity index (χ2v) is 3.78. The summed E-state index contributed by atoms with van der Waals surface area (Å²) in [5.74, 6) is 6.28. The minimum atomic E-state index is -0.408. The van der Waals surface area contributed by atoms with Gasteiger partial charge >= 0.3 is 0 Å². The Morgan fingerprint density at radius 1 is 1.42 bits per heavy atom. The summed E-state index contributed by atoms with van der Waals surface area (Å²) in [5.41, 5.74) is 2.72. The number of tetrazole rings is 1. The van der Waals surface area contributed by atoms with Crippen LogP contribution in [0.2, 0.25) is 0 Å². The van der Waals surface area contributed by atoms with E-state index in [-0.39, 0.29) is 13.3 Å². The molecule has 1 aromatic carbocycles. The summed E-state index contributed by atoms with van der Waals surface area (Å²) in [5, 5.41) is 11.7. The van der Waals surface area contributed by atoms with Gasteiger partial charge in [0, 0.05) is 5.56 Å². The number of nitrogens with two attached hydrogens (primary N) is 1. The zero-order chi connectivity index (χ0) is 13.2. The maximum Gasteiger partial charge on any atom is 0.257 e. The Labute approximate surface area is 107 Å². The topological polar surface area (TPSA) is 117 Å². The van der Waals surface area contributed by atoms with Crippen molar-refractivity contribution in [3.8, 4) is 22.9 Å². The van der Waals surface area contributed by atoms with Gasteiger partial charge in [-0.2, -0.15) is 4.80 Å². The Morgan fingerprint density at radius 3 is 3.11 bits per heavy atom.